The van der Waals surface area contributed by atoms with Gasteiger partial charge >= 0.3 is 0 Å². The van der Waals surface area contributed by atoms with Crippen LogP contribution in [0.5, 0.6) is 0 Å². The molecule has 21 heavy (non-hydrogen) atoms. The molecule has 0 aliphatic carbocycles. The molecule has 0 atom stereocenters. The van der Waals surface area contributed by atoms with Crippen molar-refractivity contribution in [3.05, 3.63) is 45.6 Å². The van der Waals surface area contributed by atoms with Crippen LogP contribution in [0.3, 0.4) is 0 Å². The number of thiophene rings is 1. The number of rotatable bonds is 4. The maximum Gasteiger partial charge on any atom is 0.266 e. The number of aryl methyl sites for hydroxylation is 2. The van der Waals surface area contributed by atoms with Gasteiger partial charge in [-0.2, -0.15) is 5.10 Å². The van der Waals surface area contributed by atoms with Gasteiger partial charge in [-0.25, -0.2) is 0 Å². The van der Waals surface area contributed by atoms with E-state index < -0.39 is 0 Å². The van der Waals surface area contributed by atoms with E-state index in [4.69, 9.17) is 0 Å². The number of nitrogens with zero attached hydrogens (tertiary/aromatic N) is 1. The lowest BCUT2D eigenvalue weighted by molar-refractivity contribution is 0.103. The van der Waals surface area contributed by atoms with Gasteiger partial charge in [0.2, 0.25) is 0 Å². The first-order valence-corrected chi connectivity index (χ1v) is 7.84. The summed E-state index contributed by atoms with van der Waals surface area (Å²) in [4.78, 5) is 14.3. The molecule has 0 aliphatic heterocycles. The molecule has 0 aliphatic rings. The molecular formula is C16H17N3OS. The summed E-state index contributed by atoms with van der Waals surface area (Å²) in [7, 11) is 0. The number of hydrogen-bond acceptors (Lipinski definition) is 3. The maximum atomic E-state index is 12.4. The number of carbonyl (C=O) groups is 1. The van der Waals surface area contributed by atoms with E-state index in [1.807, 2.05) is 30.3 Å². The molecule has 0 radical (unpaired) electrons. The molecule has 108 valence electrons. The number of benzene rings is 1. The van der Waals surface area contributed by atoms with Crippen LogP contribution in [0.25, 0.3) is 10.9 Å². The number of amides is 1. The summed E-state index contributed by atoms with van der Waals surface area (Å²) < 4.78 is 0. The summed E-state index contributed by atoms with van der Waals surface area (Å²) in [5.41, 5.74) is 2.18. The van der Waals surface area contributed by atoms with Crippen molar-refractivity contribution in [2.24, 2.45) is 0 Å². The zero-order valence-corrected chi connectivity index (χ0v) is 12.9. The van der Waals surface area contributed by atoms with Crippen molar-refractivity contribution in [1.82, 2.24) is 10.2 Å². The number of hydrogen-bond donors (Lipinski definition) is 2. The van der Waals surface area contributed by atoms with Crippen LogP contribution < -0.4 is 5.32 Å². The number of para-hydroxylation sites is 1. The normalized spacial score (nSPS) is 11.0. The maximum absolute atomic E-state index is 12.4. The van der Waals surface area contributed by atoms with Gasteiger partial charge in [0.25, 0.3) is 5.91 Å². The minimum absolute atomic E-state index is 0.0947. The summed E-state index contributed by atoms with van der Waals surface area (Å²) in [5, 5.41) is 10.9. The van der Waals surface area contributed by atoms with E-state index in [2.05, 4.69) is 29.4 Å². The smallest absolute Gasteiger partial charge is 0.266 e. The van der Waals surface area contributed by atoms with Gasteiger partial charge in [0, 0.05) is 10.3 Å². The van der Waals surface area contributed by atoms with Gasteiger partial charge in [-0.15, -0.1) is 11.3 Å². The average Bonchev–Trinajstić information content (AvgIpc) is 3.05. The lowest BCUT2D eigenvalue weighted by atomic mass is 10.1. The van der Waals surface area contributed by atoms with Gasteiger partial charge in [-0.05, 0) is 37.1 Å². The van der Waals surface area contributed by atoms with Gasteiger partial charge in [0.1, 0.15) is 0 Å². The molecule has 1 aromatic carbocycles. The van der Waals surface area contributed by atoms with E-state index in [0.29, 0.717) is 5.82 Å². The number of fused-ring (bicyclic) bond motifs is 1. The number of aromatic nitrogens is 2. The minimum atomic E-state index is -0.0947. The fraction of sp³-hybridized carbons (Fsp3) is 0.250. The lowest BCUT2D eigenvalue weighted by Crippen LogP contribution is -2.10. The second-order valence-electron chi connectivity index (χ2n) is 5.01. The highest BCUT2D eigenvalue weighted by Gasteiger charge is 2.14. The summed E-state index contributed by atoms with van der Waals surface area (Å²) >= 11 is 1.54. The molecule has 3 aromatic rings. The molecule has 0 saturated carbocycles. The van der Waals surface area contributed by atoms with E-state index in [-0.39, 0.29) is 5.91 Å². The monoisotopic (exact) mass is 299 g/mol. The van der Waals surface area contributed by atoms with Crippen molar-refractivity contribution >= 4 is 34.0 Å². The first-order chi connectivity index (χ1) is 10.2. The van der Waals surface area contributed by atoms with Crippen LogP contribution in [0.2, 0.25) is 0 Å². The summed E-state index contributed by atoms with van der Waals surface area (Å²) in [6.45, 7) is 4.21. The number of H-pyrrole nitrogens is 1. The fourth-order valence-corrected chi connectivity index (χ4v) is 3.34. The predicted molar refractivity (Wildman–Crippen MR) is 87.1 cm³/mol. The Balaban J connectivity index is 1.84. The largest absolute Gasteiger partial charge is 0.304 e. The Morgan fingerprint density at radius 1 is 1.38 bits per heavy atom. The van der Waals surface area contributed by atoms with Gasteiger partial charge < -0.3 is 5.32 Å². The summed E-state index contributed by atoms with van der Waals surface area (Å²) in [6, 6.07) is 9.74. The molecule has 3 rings (SSSR count). The van der Waals surface area contributed by atoms with Gasteiger partial charge in [0.15, 0.2) is 5.82 Å². The number of carbonyl (C=O) groups excluding carboxylic acids is 1. The molecule has 2 aromatic heterocycles. The average molecular weight is 299 g/mol. The number of nitrogens with one attached hydrogen (secondary N) is 2. The Morgan fingerprint density at radius 3 is 3.00 bits per heavy atom. The zero-order valence-electron chi connectivity index (χ0n) is 12.1. The van der Waals surface area contributed by atoms with Crippen LogP contribution in [-0.2, 0) is 6.42 Å². The SMILES string of the molecule is CCCc1cc(C(=O)Nc2n[nH]c3ccccc23)sc1C. The number of aromatic amines is 1. The Hall–Kier alpha value is -2.14. The highest BCUT2D eigenvalue weighted by Crippen LogP contribution is 2.25. The molecule has 2 heterocycles. The van der Waals surface area contributed by atoms with Crippen molar-refractivity contribution in [2.75, 3.05) is 5.32 Å². The second-order valence-corrected chi connectivity index (χ2v) is 6.27. The Kier molecular flexibility index (Phi) is 3.75. The van der Waals surface area contributed by atoms with Crippen molar-refractivity contribution in [3.63, 3.8) is 0 Å². The molecule has 0 bridgehead atoms. The third kappa shape index (κ3) is 2.69. The van der Waals surface area contributed by atoms with Crippen LogP contribution in [0.1, 0.15) is 33.5 Å². The third-order valence-corrected chi connectivity index (χ3v) is 4.56. The lowest BCUT2D eigenvalue weighted by Gasteiger charge is -1.99. The van der Waals surface area contributed by atoms with E-state index in [9.17, 15) is 4.79 Å². The summed E-state index contributed by atoms with van der Waals surface area (Å²) in [5.74, 6) is 0.487. The molecule has 1 amide bonds. The molecule has 5 heteroatoms. The van der Waals surface area contributed by atoms with E-state index >= 15 is 0 Å². The fourth-order valence-electron chi connectivity index (χ4n) is 2.38. The molecule has 0 unspecified atom stereocenters. The molecule has 0 saturated heterocycles. The van der Waals surface area contributed by atoms with E-state index in [1.165, 1.54) is 21.8 Å². The standard InChI is InChI=1S/C16H17N3OS/c1-3-6-11-9-14(21-10(11)2)16(20)17-15-12-7-4-5-8-13(12)18-19-15/h4-5,7-9H,3,6H2,1-2H3,(H2,17,18,19,20). The topological polar surface area (TPSA) is 57.8 Å². The Morgan fingerprint density at radius 2 is 2.19 bits per heavy atom. The molecule has 0 spiro atoms. The van der Waals surface area contributed by atoms with Gasteiger partial charge in [-0.1, -0.05) is 25.5 Å². The van der Waals surface area contributed by atoms with Crippen LogP contribution in [0.15, 0.2) is 30.3 Å². The first kappa shape index (κ1) is 13.8. The second kappa shape index (κ2) is 5.69. The van der Waals surface area contributed by atoms with Crippen molar-refractivity contribution in [1.29, 1.82) is 0 Å². The zero-order chi connectivity index (χ0) is 14.8. The van der Waals surface area contributed by atoms with Crippen molar-refractivity contribution < 1.29 is 4.79 Å². The minimum Gasteiger partial charge on any atom is -0.304 e. The molecular weight excluding hydrogens is 282 g/mol. The van der Waals surface area contributed by atoms with Crippen LogP contribution >= 0.6 is 11.3 Å². The first-order valence-electron chi connectivity index (χ1n) is 7.02. The summed E-state index contributed by atoms with van der Waals surface area (Å²) in [6.07, 6.45) is 2.10. The third-order valence-electron chi connectivity index (χ3n) is 3.47. The van der Waals surface area contributed by atoms with E-state index in [1.54, 1.807) is 0 Å². The highest BCUT2D eigenvalue weighted by molar-refractivity contribution is 7.14. The quantitative estimate of drug-likeness (QED) is 0.760. The molecule has 0 fully saturated rings. The van der Waals surface area contributed by atoms with Gasteiger partial charge in [0.05, 0.1) is 10.4 Å². The highest BCUT2D eigenvalue weighted by atomic mass is 32.1. The van der Waals surface area contributed by atoms with Crippen LogP contribution in [-0.4, -0.2) is 16.1 Å². The van der Waals surface area contributed by atoms with Gasteiger partial charge in [-0.3, -0.25) is 9.89 Å². The van der Waals surface area contributed by atoms with Crippen molar-refractivity contribution in [2.45, 2.75) is 26.7 Å². The Labute approximate surface area is 127 Å². The molecule has 4 nitrogen and oxygen atoms in total. The van der Waals surface area contributed by atoms with Crippen LogP contribution in [0, 0.1) is 6.92 Å². The molecule has 2 N–H and O–H groups in total. The van der Waals surface area contributed by atoms with Crippen molar-refractivity contribution in [3.8, 4) is 0 Å². The number of anilines is 1. The predicted octanol–water partition coefficient (Wildman–Crippen LogP) is 4.14. The van der Waals surface area contributed by atoms with Crippen LogP contribution in [0.4, 0.5) is 5.82 Å². The Bertz CT molecular complexity index is 788. The van der Waals surface area contributed by atoms with E-state index in [0.717, 1.165) is 28.6 Å².